The Hall–Kier alpha value is -3.86. The molecule has 0 radical (unpaired) electrons. The smallest absolute Gasteiger partial charge is 0.408 e. The molecule has 8 heteroatoms. The first-order valence-corrected chi connectivity index (χ1v) is 11.8. The normalized spacial score (nSPS) is 18.5. The summed E-state index contributed by atoms with van der Waals surface area (Å²) < 4.78 is 5.44. The molecule has 8 nitrogen and oxygen atoms in total. The lowest BCUT2D eigenvalue weighted by molar-refractivity contribution is -0.138. The van der Waals surface area contributed by atoms with Gasteiger partial charge < -0.3 is 20.3 Å². The Kier molecular flexibility index (Phi) is 8.85. The van der Waals surface area contributed by atoms with Gasteiger partial charge in [-0.25, -0.2) is 4.79 Å². The fraction of sp³-hybridized carbons (Fsp3) is 0.407. The number of likely N-dealkylation sites (tertiary alicyclic amines) is 1. The van der Waals surface area contributed by atoms with Crippen LogP contribution in [0.5, 0.6) is 0 Å². The van der Waals surface area contributed by atoms with Crippen molar-refractivity contribution in [2.75, 3.05) is 6.54 Å². The Bertz CT molecular complexity index is 1050. The Morgan fingerprint density at radius 3 is 2.29 bits per heavy atom. The van der Waals surface area contributed by atoms with Gasteiger partial charge in [0.1, 0.15) is 5.54 Å². The number of carbonyl (C=O) groups excluding carboxylic acids is 3. The van der Waals surface area contributed by atoms with Crippen LogP contribution in [0.25, 0.3) is 0 Å². The van der Waals surface area contributed by atoms with Crippen LogP contribution in [0.2, 0.25) is 0 Å². The second kappa shape index (κ2) is 12.0. The van der Waals surface area contributed by atoms with Crippen molar-refractivity contribution >= 4 is 17.9 Å². The van der Waals surface area contributed by atoms with Gasteiger partial charge in [-0.15, -0.1) is 0 Å². The zero-order valence-corrected chi connectivity index (χ0v) is 20.2. The molecule has 2 N–H and O–H groups in total. The van der Waals surface area contributed by atoms with Gasteiger partial charge in [-0.3, -0.25) is 9.59 Å². The fourth-order valence-electron chi connectivity index (χ4n) is 4.00. The number of hydrogen-bond acceptors (Lipinski definition) is 5. The van der Waals surface area contributed by atoms with Crippen LogP contribution in [0.3, 0.4) is 0 Å². The minimum Gasteiger partial charge on any atom is -0.436 e. The van der Waals surface area contributed by atoms with Crippen molar-refractivity contribution < 1.29 is 19.1 Å². The van der Waals surface area contributed by atoms with Gasteiger partial charge in [0.25, 0.3) is 5.91 Å². The third-order valence-electron chi connectivity index (χ3n) is 5.91. The van der Waals surface area contributed by atoms with Crippen molar-refractivity contribution in [2.45, 2.75) is 57.8 Å². The summed E-state index contributed by atoms with van der Waals surface area (Å²) >= 11 is 0. The van der Waals surface area contributed by atoms with Crippen LogP contribution >= 0.6 is 0 Å². The highest BCUT2D eigenvalue weighted by Gasteiger charge is 2.42. The van der Waals surface area contributed by atoms with E-state index in [0.717, 1.165) is 11.1 Å². The average molecular weight is 477 g/mol. The molecular formula is C27H32N4O4. The second-order valence-corrected chi connectivity index (χ2v) is 9.27. The molecule has 184 valence electrons. The first kappa shape index (κ1) is 25.8. The number of nitriles is 1. The number of nitrogens with one attached hydrogen (secondary N) is 2. The molecule has 0 spiro atoms. The molecule has 1 aliphatic rings. The van der Waals surface area contributed by atoms with Crippen LogP contribution in [-0.2, 0) is 27.4 Å². The van der Waals surface area contributed by atoms with Gasteiger partial charge in [0.2, 0.25) is 5.91 Å². The van der Waals surface area contributed by atoms with Crippen LogP contribution in [0.1, 0.15) is 44.2 Å². The van der Waals surface area contributed by atoms with Crippen LogP contribution in [0, 0.1) is 17.2 Å². The van der Waals surface area contributed by atoms with E-state index in [1.165, 1.54) is 0 Å². The standard InChI is InChI=1S/C27H32N4O4/c1-20(2)15-23(35-26(34)29-17-21-9-5-3-6-10-21)25(33)30-27(19-28)13-14-31(24(32)16-27)18-22-11-7-4-8-12-22/h3-12,20,23H,13-18H2,1-2H3,(H,29,34)(H,30,33)/t23-,27?/m0/s1. The van der Waals surface area contributed by atoms with E-state index >= 15 is 0 Å². The third-order valence-corrected chi connectivity index (χ3v) is 5.91. The summed E-state index contributed by atoms with van der Waals surface area (Å²) in [4.78, 5) is 40.0. The number of benzene rings is 2. The zero-order valence-electron chi connectivity index (χ0n) is 20.2. The molecule has 1 fully saturated rings. The summed E-state index contributed by atoms with van der Waals surface area (Å²) in [5.41, 5.74) is 0.570. The van der Waals surface area contributed by atoms with Crippen molar-refractivity contribution in [3.05, 3.63) is 71.8 Å². The number of alkyl carbamates (subject to hydrolysis) is 1. The SMILES string of the molecule is CC(C)C[C@H](OC(=O)NCc1ccccc1)C(=O)NC1(C#N)CCN(Cc2ccccc2)C(=O)C1. The molecule has 1 saturated heterocycles. The molecule has 2 atom stereocenters. The summed E-state index contributed by atoms with van der Waals surface area (Å²) in [7, 11) is 0. The van der Waals surface area contributed by atoms with Gasteiger partial charge in [0, 0.05) is 26.1 Å². The number of amides is 3. The second-order valence-electron chi connectivity index (χ2n) is 9.27. The fourth-order valence-corrected chi connectivity index (χ4v) is 4.00. The predicted molar refractivity (Wildman–Crippen MR) is 131 cm³/mol. The molecule has 3 amide bonds. The monoisotopic (exact) mass is 476 g/mol. The molecule has 35 heavy (non-hydrogen) atoms. The molecular weight excluding hydrogens is 444 g/mol. The molecule has 0 saturated carbocycles. The number of carbonyl (C=O) groups is 3. The molecule has 2 aromatic rings. The summed E-state index contributed by atoms with van der Waals surface area (Å²) in [5, 5.41) is 15.3. The summed E-state index contributed by atoms with van der Waals surface area (Å²) in [6.07, 6.45) is -1.33. The predicted octanol–water partition coefficient (Wildman–Crippen LogP) is 3.53. The van der Waals surface area contributed by atoms with E-state index in [0.29, 0.717) is 25.9 Å². The van der Waals surface area contributed by atoms with E-state index in [4.69, 9.17) is 4.74 Å². The zero-order chi connectivity index (χ0) is 25.3. The lowest BCUT2D eigenvalue weighted by atomic mass is 9.87. The minimum atomic E-state index is -1.33. The van der Waals surface area contributed by atoms with Crippen molar-refractivity contribution in [2.24, 2.45) is 5.92 Å². The van der Waals surface area contributed by atoms with E-state index in [9.17, 15) is 19.6 Å². The van der Waals surface area contributed by atoms with Gasteiger partial charge in [0.15, 0.2) is 6.10 Å². The van der Waals surface area contributed by atoms with Crippen LogP contribution in [0.15, 0.2) is 60.7 Å². The molecule has 1 aliphatic heterocycles. The first-order valence-electron chi connectivity index (χ1n) is 11.8. The molecule has 2 aromatic carbocycles. The van der Waals surface area contributed by atoms with Gasteiger partial charge in [-0.05, 0) is 23.5 Å². The first-order chi connectivity index (χ1) is 16.8. The maximum atomic E-state index is 13.1. The molecule has 0 aliphatic carbocycles. The molecule has 1 unspecified atom stereocenters. The van der Waals surface area contributed by atoms with Crippen molar-refractivity contribution in [1.82, 2.24) is 15.5 Å². The van der Waals surface area contributed by atoms with Crippen molar-refractivity contribution in [1.29, 1.82) is 5.26 Å². The molecule has 0 aromatic heterocycles. The van der Waals surface area contributed by atoms with Crippen molar-refractivity contribution in [3.63, 3.8) is 0 Å². The summed E-state index contributed by atoms with van der Waals surface area (Å²) in [6, 6.07) is 21.1. The maximum Gasteiger partial charge on any atom is 0.408 e. The summed E-state index contributed by atoms with van der Waals surface area (Å²) in [5.74, 6) is -0.705. The van der Waals surface area contributed by atoms with Crippen molar-refractivity contribution in [3.8, 4) is 6.07 Å². The largest absolute Gasteiger partial charge is 0.436 e. The Labute approximate surface area is 206 Å². The topological polar surface area (TPSA) is 112 Å². The minimum absolute atomic E-state index is 0.0695. The number of rotatable bonds is 9. The quantitative estimate of drug-likeness (QED) is 0.575. The number of piperidine rings is 1. The van der Waals surface area contributed by atoms with E-state index in [1.807, 2.05) is 74.5 Å². The summed E-state index contributed by atoms with van der Waals surface area (Å²) in [6.45, 7) is 4.89. The lowest BCUT2D eigenvalue weighted by Gasteiger charge is -2.38. The molecule has 0 bridgehead atoms. The average Bonchev–Trinajstić information content (AvgIpc) is 2.85. The molecule has 3 rings (SSSR count). The lowest BCUT2D eigenvalue weighted by Crippen LogP contribution is -2.58. The Balaban J connectivity index is 1.60. The van der Waals surface area contributed by atoms with Crippen LogP contribution in [0.4, 0.5) is 4.79 Å². The maximum absolute atomic E-state index is 13.1. The number of nitrogens with zero attached hydrogens (tertiary/aromatic N) is 2. The third kappa shape index (κ3) is 7.57. The highest BCUT2D eigenvalue weighted by Crippen LogP contribution is 2.25. The number of hydrogen-bond donors (Lipinski definition) is 2. The van der Waals surface area contributed by atoms with E-state index < -0.39 is 23.6 Å². The number of ether oxygens (including phenoxy) is 1. The highest BCUT2D eigenvalue weighted by molar-refractivity contribution is 5.86. The highest BCUT2D eigenvalue weighted by atomic mass is 16.6. The molecule has 1 heterocycles. The van der Waals surface area contributed by atoms with Crippen LogP contribution in [-0.4, -0.2) is 41.0 Å². The van der Waals surface area contributed by atoms with E-state index in [-0.39, 0.29) is 24.8 Å². The van der Waals surface area contributed by atoms with E-state index in [2.05, 4.69) is 16.7 Å². The Morgan fingerprint density at radius 2 is 1.71 bits per heavy atom. The van der Waals surface area contributed by atoms with Gasteiger partial charge in [-0.1, -0.05) is 74.5 Å². The van der Waals surface area contributed by atoms with E-state index in [1.54, 1.807) is 4.90 Å². The van der Waals surface area contributed by atoms with Gasteiger partial charge in [-0.2, -0.15) is 5.26 Å². The Morgan fingerprint density at radius 1 is 1.09 bits per heavy atom. The van der Waals surface area contributed by atoms with Gasteiger partial charge in [0.05, 0.1) is 12.5 Å². The van der Waals surface area contributed by atoms with Crippen LogP contribution < -0.4 is 10.6 Å². The van der Waals surface area contributed by atoms with Gasteiger partial charge >= 0.3 is 6.09 Å².